The first-order valence-electron chi connectivity index (χ1n) is 7.42. The van der Waals surface area contributed by atoms with E-state index in [4.69, 9.17) is 16.3 Å². The average molecular weight is 296 g/mol. The normalized spacial score (nSPS) is 17.4. The van der Waals surface area contributed by atoms with Crippen LogP contribution >= 0.6 is 11.6 Å². The van der Waals surface area contributed by atoms with Gasteiger partial charge in [0.05, 0.1) is 5.02 Å². The third kappa shape index (κ3) is 3.89. The molecule has 1 saturated heterocycles. The molecular formula is C16H22ClNO2. The number of halogens is 1. The SMILES string of the molecule is CC[C@H](Oc1ccccc1Cl)C(=O)N1CCCCCC1. The summed E-state index contributed by atoms with van der Waals surface area (Å²) in [5.41, 5.74) is 0. The zero-order valence-corrected chi connectivity index (χ0v) is 12.7. The highest BCUT2D eigenvalue weighted by Gasteiger charge is 2.25. The number of benzene rings is 1. The third-order valence-electron chi connectivity index (χ3n) is 3.67. The predicted molar refractivity (Wildman–Crippen MR) is 81.2 cm³/mol. The number of ether oxygens (including phenoxy) is 1. The van der Waals surface area contributed by atoms with Crippen molar-refractivity contribution in [3.05, 3.63) is 29.3 Å². The van der Waals surface area contributed by atoms with Crippen molar-refractivity contribution in [3.63, 3.8) is 0 Å². The molecule has 20 heavy (non-hydrogen) atoms. The number of hydrogen-bond acceptors (Lipinski definition) is 2. The van der Waals surface area contributed by atoms with Gasteiger partial charge >= 0.3 is 0 Å². The summed E-state index contributed by atoms with van der Waals surface area (Å²) in [6.07, 6.45) is 4.83. The molecule has 1 aromatic carbocycles. The Bertz CT molecular complexity index is 442. The summed E-state index contributed by atoms with van der Waals surface area (Å²) in [5.74, 6) is 0.679. The summed E-state index contributed by atoms with van der Waals surface area (Å²) in [4.78, 5) is 14.5. The van der Waals surface area contributed by atoms with E-state index in [1.54, 1.807) is 12.1 Å². The second-order valence-electron chi connectivity index (χ2n) is 5.18. The second kappa shape index (κ2) is 7.53. The number of likely N-dealkylation sites (tertiary alicyclic amines) is 1. The molecule has 1 aliphatic rings. The van der Waals surface area contributed by atoms with E-state index in [1.165, 1.54) is 12.8 Å². The highest BCUT2D eigenvalue weighted by Crippen LogP contribution is 2.25. The standard InChI is InChI=1S/C16H22ClNO2/c1-2-14(20-15-10-6-5-9-13(15)17)16(19)18-11-7-3-4-8-12-18/h5-6,9-10,14H,2-4,7-8,11-12H2,1H3/t14-/m0/s1. The number of hydrogen-bond donors (Lipinski definition) is 0. The monoisotopic (exact) mass is 295 g/mol. The zero-order chi connectivity index (χ0) is 14.4. The van der Waals surface area contributed by atoms with E-state index in [2.05, 4.69) is 0 Å². The quantitative estimate of drug-likeness (QED) is 0.843. The van der Waals surface area contributed by atoms with Gasteiger partial charge in [0.1, 0.15) is 5.75 Å². The average Bonchev–Trinajstić information content (AvgIpc) is 2.75. The molecule has 1 atom stereocenters. The summed E-state index contributed by atoms with van der Waals surface area (Å²) in [5, 5.41) is 0.551. The van der Waals surface area contributed by atoms with Crippen molar-refractivity contribution in [1.29, 1.82) is 0 Å². The van der Waals surface area contributed by atoms with Gasteiger partial charge in [0, 0.05) is 13.1 Å². The van der Waals surface area contributed by atoms with Crippen molar-refractivity contribution in [1.82, 2.24) is 4.90 Å². The van der Waals surface area contributed by atoms with Crippen LogP contribution in [0.15, 0.2) is 24.3 Å². The van der Waals surface area contributed by atoms with Crippen LogP contribution in [-0.4, -0.2) is 30.0 Å². The van der Waals surface area contributed by atoms with Crippen LogP contribution in [-0.2, 0) is 4.79 Å². The van der Waals surface area contributed by atoms with Crippen molar-refractivity contribution >= 4 is 17.5 Å². The maximum atomic E-state index is 12.6. The highest BCUT2D eigenvalue weighted by atomic mass is 35.5. The van der Waals surface area contributed by atoms with Crippen LogP contribution in [0.2, 0.25) is 5.02 Å². The number of carbonyl (C=O) groups excluding carboxylic acids is 1. The topological polar surface area (TPSA) is 29.5 Å². The Balaban J connectivity index is 2.03. The lowest BCUT2D eigenvalue weighted by Gasteiger charge is -2.26. The van der Waals surface area contributed by atoms with Gasteiger partial charge in [-0.15, -0.1) is 0 Å². The summed E-state index contributed by atoms with van der Waals surface area (Å²) in [6.45, 7) is 3.67. The molecule has 0 spiro atoms. The fourth-order valence-electron chi connectivity index (χ4n) is 2.50. The smallest absolute Gasteiger partial charge is 0.263 e. The van der Waals surface area contributed by atoms with E-state index in [9.17, 15) is 4.79 Å². The lowest BCUT2D eigenvalue weighted by Crippen LogP contribution is -2.42. The van der Waals surface area contributed by atoms with Crippen molar-refractivity contribution in [3.8, 4) is 5.75 Å². The molecule has 4 heteroatoms. The Morgan fingerprint density at radius 3 is 2.50 bits per heavy atom. The Morgan fingerprint density at radius 2 is 1.90 bits per heavy atom. The summed E-state index contributed by atoms with van der Waals surface area (Å²) < 4.78 is 5.83. The molecule has 1 amide bonds. The molecule has 1 aromatic rings. The number of rotatable bonds is 4. The van der Waals surface area contributed by atoms with Gasteiger partial charge < -0.3 is 9.64 Å². The number of para-hydroxylation sites is 1. The first-order chi connectivity index (χ1) is 9.72. The fraction of sp³-hybridized carbons (Fsp3) is 0.562. The molecular weight excluding hydrogens is 274 g/mol. The molecule has 0 aromatic heterocycles. The molecule has 2 rings (SSSR count). The van der Waals surface area contributed by atoms with Gasteiger partial charge in [-0.3, -0.25) is 4.79 Å². The molecule has 0 aliphatic carbocycles. The number of carbonyl (C=O) groups is 1. The van der Waals surface area contributed by atoms with Crippen molar-refractivity contribution in [2.75, 3.05) is 13.1 Å². The number of nitrogens with zero attached hydrogens (tertiary/aromatic N) is 1. The molecule has 1 fully saturated rings. The van der Waals surface area contributed by atoms with Crippen LogP contribution in [0.4, 0.5) is 0 Å². The zero-order valence-electron chi connectivity index (χ0n) is 12.0. The molecule has 0 saturated carbocycles. The van der Waals surface area contributed by atoms with Gasteiger partial charge in [-0.25, -0.2) is 0 Å². The van der Waals surface area contributed by atoms with Crippen LogP contribution in [0.1, 0.15) is 39.0 Å². The highest BCUT2D eigenvalue weighted by molar-refractivity contribution is 6.32. The minimum absolute atomic E-state index is 0.0920. The number of amides is 1. The van der Waals surface area contributed by atoms with E-state index in [-0.39, 0.29) is 5.91 Å². The molecule has 0 N–H and O–H groups in total. The molecule has 1 heterocycles. The van der Waals surface area contributed by atoms with Crippen molar-refractivity contribution < 1.29 is 9.53 Å². The largest absolute Gasteiger partial charge is 0.479 e. The van der Waals surface area contributed by atoms with Gasteiger partial charge in [-0.1, -0.05) is 43.5 Å². The van der Waals surface area contributed by atoms with Crippen LogP contribution in [0.5, 0.6) is 5.75 Å². The van der Waals surface area contributed by atoms with Crippen molar-refractivity contribution in [2.24, 2.45) is 0 Å². The Morgan fingerprint density at radius 1 is 1.25 bits per heavy atom. The second-order valence-corrected chi connectivity index (χ2v) is 5.59. The Labute approximate surface area is 125 Å². The van der Waals surface area contributed by atoms with Gasteiger partial charge in [0.25, 0.3) is 5.91 Å². The first-order valence-corrected chi connectivity index (χ1v) is 7.80. The summed E-state index contributed by atoms with van der Waals surface area (Å²) >= 11 is 6.09. The van der Waals surface area contributed by atoms with Gasteiger partial charge in [-0.2, -0.15) is 0 Å². The summed E-state index contributed by atoms with van der Waals surface area (Å²) in [6, 6.07) is 7.30. The Hall–Kier alpha value is -1.22. The van der Waals surface area contributed by atoms with Crippen LogP contribution < -0.4 is 4.74 Å². The molecule has 110 valence electrons. The van der Waals surface area contributed by atoms with Gasteiger partial charge in [0.15, 0.2) is 6.10 Å². The van der Waals surface area contributed by atoms with Crippen LogP contribution in [0, 0.1) is 0 Å². The molecule has 1 aliphatic heterocycles. The van der Waals surface area contributed by atoms with E-state index in [1.807, 2.05) is 24.0 Å². The molecule has 0 unspecified atom stereocenters. The lowest BCUT2D eigenvalue weighted by atomic mass is 10.2. The summed E-state index contributed by atoms with van der Waals surface area (Å²) in [7, 11) is 0. The molecule has 0 bridgehead atoms. The van der Waals surface area contributed by atoms with Gasteiger partial charge in [0.2, 0.25) is 0 Å². The van der Waals surface area contributed by atoms with Crippen LogP contribution in [0.3, 0.4) is 0 Å². The maximum absolute atomic E-state index is 12.6. The molecule has 3 nitrogen and oxygen atoms in total. The maximum Gasteiger partial charge on any atom is 0.263 e. The van der Waals surface area contributed by atoms with E-state index in [0.29, 0.717) is 17.2 Å². The first kappa shape index (κ1) is 15.2. The fourth-order valence-corrected chi connectivity index (χ4v) is 2.68. The van der Waals surface area contributed by atoms with Crippen LogP contribution in [0.25, 0.3) is 0 Å². The minimum Gasteiger partial charge on any atom is -0.479 e. The van der Waals surface area contributed by atoms with E-state index in [0.717, 1.165) is 25.9 Å². The predicted octanol–water partition coefficient (Wildman–Crippen LogP) is 3.90. The van der Waals surface area contributed by atoms with Crippen molar-refractivity contribution in [2.45, 2.75) is 45.1 Å². The minimum atomic E-state index is -0.437. The lowest BCUT2D eigenvalue weighted by molar-refractivity contribution is -0.138. The Kier molecular flexibility index (Phi) is 5.72. The van der Waals surface area contributed by atoms with Gasteiger partial charge in [-0.05, 0) is 31.4 Å². The van der Waals surface area contributed by atoms with E-state index < -0.39 is 6.10 Å². The third-order valence-corrected chi connectivity index (χ3v) is 3.98. The van der Waals surface area contributed by atoms with E-state index >= 15 is 0 Å². The molecule has 0 radical (unpaired) electrons.